The van der Waals surface area contributed by atoms with Crippen molar-refractivity contribution in [2.75, 3.05) is 32.4 Å². The largest absolute Gasteiger partial charge is 0.356 e. The lowest BCUT2D eigenvalue weighted by Gasteiger charge is -2.39. The van der Waals surface area contributed by atoms with Gasteiger partial charge in [-0.2, -0.15) is 0 Å². The van der Waals surface area contributed by atoms with Crippen molar-refractivity contribution in [3.8, 4) is 0 Å². The van der Waals surface area contributed by atoms with Gasteiger partial charge in [0.1, 0.15) is 5.82 Å². The number of sulfone groups is 1. The maximum Gasteiger partial charge on any atom is 0.193 e. The minimum Gasteiger partial charge on any atom is -0.356 e. The third-order valence-electron chi connectivity index (χ3n) is 4.48. The van der Waals surface area contributed by atoms with Crippen LogP contribution in [-0.4, -0.2) is 56.5 Å². The van der Waals surface area contributed by atoms with Crippen molar-refractivity contribution in [3.63, 3.8) is 0 Å². The summed E-state index contributed by atoms with van der Waals surface area (Å²) in [6.07, 6.45) is 1.39. The Labute approximate surface area is 180 Å². The number of halogens is 3. The predicted octanol–water partition coefficient (Wildman–Crippen LogP) is 3.22. The second-order valence-corrected chi connectivity index (χ2v) is 10.5. The first-order valence-corrected chi connectivity index (χ1v) is 10.7. The molecule has 0 aliphatic carbocycles. The smallest absolute Gasteiger partial charge is 0.193 e. The normalized spacial score (nSPS) is 19.0. The van der Waals surface area contributed by atoms with E-state index in [9.17, 15) is 12.8 Å². The third-order valence-corrected chi connectivity index (χ3v) is 7.50. The summed E-state index contributed by atoms with van der Waals surface area (Å²) in [6, 6.07) is 5.09. The van der Waals surface area contributed by atoms with Gasteiger partial charge < -0.3 is 10.2 Å². The van der Waals surface area contributed by atoms with Gasteiger partial charge in [0.25, 0.3) is 0 Å². The molecule has 1 N–H and O–H groups in total. The van der Waals surface area contributed by atoms with Crippen LogP contribution < -0.4 is 5.32 Å². The van der Waals surface area contributed by atoms with Crippen molar-refractivity contribution < 1.29 is 12.8 Å². The van der Waals surface area contributed by atoms with Crippen LogP contribution in [0.3, 0.4) is 0 Å². The summed E-state index contributed by atoms with van der Waals surface area (Å²) in [6.45, 7) is 4.99. The molecule has 1 fully saturated rings. The number of hydrogen-bond acceptors (Lipinski definition) is 3. The lowest BCUT2D eigenvalue weighted by molar-refractivity contribution is 0.353. The van der Waals surface area contributed by atoms with Crippen molar-refractivity contribution in [1.29, 1.82) is 0 Å². The van der Waals surface area contributed by atoms with Crippen molar-refractivity contribution >= 4 is 55.7 Å². The Bertz CT molecular complexity index is 756. The van der Waals surface area contributed by atoms with Crippen molar-refractivity contribution in [3.05, 3.63) is 34.1 Å². The standard InChI is InChI=1S/C17H25BrFN3O2S.HI/c1-17(2)12-22(9-10-25(17,23)24)16(20-3)21-8-4-5-13-6-7-14(18)11-15(13)19;/h6-7,11H,4-5,8-10,12H2,1-3H3,(H,20,21);1H. The van der Waals surface area contributed by atoms with Gasteiger partial charge in [0.05, 0.1) is 10.5 Å². The molecular formula is C17H26BrFIN3O2S. The number of nitrogens with zero attached hydrogens (tertiary/aromatic N) is 2. The van der Waals surface area contributed by atoms with Gasteiger partial charge in [-0.15, -0.1) is 24.0 Å². The molecule has 0 radical (unpaired) electrons. The second kappa shape index (κ2) is 9.68. The molecule has 9 heteroatoms. The fraction of sp³-hybridized carbons (Fsp3) is 0.588. The molecule has 1 aliphatic heterocycles. The third kappa shape index (κ3) is 5.79. The van der Waals surface area contributed by atoms with E-state index < -0.39 is 14.6 Å². The number of hydrogen-bond donors (Lipinski definition) is 1. The van der Waals surface area contributed by atoms with E-state index in [1.807, 2.05) is 11.0 Å². The molecule has 26 heavy (non-hydrogen) atoms. The first-order valence-electron chi connectivity index (χ1n) is 8.28. The van der Waals surface area contributed by atoms with Crippen molar-refractivity contribution in [1.82, 2.24) is 10.2 Å². The highest BCUT2D eigenvalue weighted by molar-refractivity contribution is 14.0. The van der Waals surface area contributed by atoms with E-state index in [0.717, 1.165) is 10.9 Å². The van der Waals surface area contributed by atoms with Crippen LogP contribution in [0.2, 0.25) is 0 Å². The Morgan fingerprint density at radius 1 is 1.42 bits per heavy atom. The summed E-state index contributed by atoms with van der Waals surface area (Å²) in [5.41, 5.74) is 0.685. The molecule has 148 valence electrons. The highest BCUT2D eigenvalue weighted by Crippen LogP contribution is 2.23. The molecule has 0 amide bonds. The fourth-order valence-corrected chi connectivity index (χ4v) is 4.56. The highest BCUT2D eigenvalue weighted by Gasteiger charge is 2.40. The molecule has 2 rings (SSSR count). The average Bonchev–Trinajstić information content (AvgIpc) is 2.52. The minimum atomic E-state index is -3.08. The van der Waals surface area contributed by atoms with Crippen LogP contribution >= 0.6 is 39.9 Å². The first kappa shape index (κ1) is 23.6. The lowest BCUT2D eigenvalue weighted by Crippen LogP contribution is -2.57. The van der Waals surface area contributed by atoms with Crippen LogP contribution in [-0.2, 0) is 16.3 Å². The summed E-state index contributed by atoms with van der Waals surface area (Å²) >= 11 is 3.25. The van der Waals surface area contributed by atoms with Gasteiger partial charge in [-0.05, 0) is 44.4 Å². The Morgan fingerprint density at radius 3 is 2.69 bits per heavy atom. The molecule has 0 atom stereocenters. The molecule has 0 unspecified atom stereocenters. The zero-order valence-electron chi connectivity index (χ0n) is 15.3. The summed E-state index contributed by atoms with van der Waals surface area (Å²) < 4.78 is 38.0. The van der Waals surface area contributed by atoms with Crippen LogP contribution in [0.25, 0.3) is 0 Å². The maximum atomic E-state index is 13.8. The van der Waals surface area contributed by atoms with Crippen LogP contribution in [0.1, 0.15) is 25.8 Å². The number of guanidine groups is 1. The molecule has 1 aromatic rings. The monoisotopic (exact) mass is 561 g/mol. The van der Waals surface area contributed by atoms with Gasteiger partial charge >= 0.3 is 0 Å². The Balaban J connectivity index is 0.00000338. The van der Waals surface area contributed by atoms with Gasteiger partial charge in [0.2, 0.25) is 0 Å². The van der Waals surface area contributed by atoms with E-state index >= 15 is 0 Å². The predicted molar refractivity (Wildman–Crippen MR) is 119 cm³/mol. The van der Waals surface area contributed by atoms with Gasteiger partial charge in [-0.1, -0.05) is 22.0 Å². The zero-order chi connectivity index (χ0) is 18.7. The molecule has 0 spiro atoms. The molecule has 0 saturated carbocycles. The summed E-state index contributed by atoms with van der Waals surface area (Å²) in [5.74, 6) is 0.617. The zero-order valence-corrected chi connectivity index (χ0v) is 20.0. The molecule has 0 aromatic heterocycles. The molecule has 1 heterocycles. The van der Waals surface area contributed by atoms with E-state index in [-0.39, 0.29) is 35.5 Å². The van der Waals surface area contributed by atoms with Gasteiger partial charge in [0, 0.05) is 31.2 Å². The molecule has 1 saturated heterocycles. The number of nitrogens with one attached hydrogen (secondary N) is 1. The number of benzene rings is 1. The van der Waals surface area contributed by atoms with Crippen LogP contribution in [0, 0.1) is 5.82 Å². The molecular weight excluding hydrogens is 536 g/mol. The lowest BCUT2D eigenvalue weighted by atomic mass is 10.1. The van der Waals surface area contributed by atoms with Gasteiger partial charge in [0.15, 0.2) is 15.8 Å². The summed E-state index contributed by atoms with van der Waals surface area (Å²) in [7, 11) is -1.39. The fourth-order valence-electron chi connectivity index (χ4n) is 2.86. The van der Waals surface area contributed by atoms with E-state index in [0.29, 0.717) is 37.6 Å². The topological polar surface area (TPSA) is 61.8 Å². The maximum absolute atomic E-state index is 13.8. The van der Waals surface area contributed by atoms with Crippen LogP contribution in [0.5, 0.6) is 0 Å². The van der Waals surface area contributed by atoms with Crippen LogP contribution in [0.15, 0.2) is 27.7 Å². The Hall–Kier alpha value is -0.420. The Morgan fingerprint density at radius 2 is 2.12 bits per heavy atom. The summed E-state index contributed by atoms with van der Waals surface area (Å²) in [5, 5.41) is 3.25. The van der Waals surface area contributed by atoms with Crippen LogP contribution in [0.4, 0.5) is 4.39 Å². The first-order chi connectivity index (χ1) is 11.7. The van der Waals surface area contributed by atoms with E-state index in [4.69, 9.17) is 0 Å². The van der Waals surface area contributed by atoms with E-state index in [1.165, 1.54) is 6.07 Å². The molecule has 5 nitrogen and oxygen atoms in total. The molecule has 1 aromatic carbocycles. The van der Waals surface area contributed by atoms with Crippen molar-refractivity contribution in [2.45, 2.75) is 31.4 Å². The molecule has 1 aliphatic rings. The Kier molecular flexibility index (Phi) is 8.79. The summed E-state index contributed by atoms with van der Waals surface area (Å²) in [4.78, 5) is 6.23. The van der Waals surface area contributed by atoms with E-state index in [1.54, 1.807) is 27.0 Å². The van der Waals surface area contributed by atoms with E-state index in [2.05, 4.69) is 26.2 Å². The number of aryl methyl sites for hydroxylation is 1. The quantitative estimate of drug-likeness (QED) is 0.265. The average molecular weight is 562 g/mol. The molecule has 0 bridgehead atoms. The second-order valence-electron chi connectivity index (χ2n) is 6.81. The highest BCUT2D eigenvalue weighted by atomic mass is 127. The van der Waals surface area contributed by atoms with Gasteiger partial charge in [-0.3, -0.25) is 4.99 Å². The minimum absolute atomic E-state index is 0. The number of rotatable bonds is 4. The van der Waals surface area contributed by atoms with Gasteiger partial charge in [-0.25, -0.2) is 12.8 Å². The number of aliphatic imine (C=N–C) groups is 1. The van der Waals surface area contributed by atoms with Crippen molar-refractivity contribution in [2.24, 2.45) is 4.99 Å². The SMILES string of the molecule is CN=C(NCCCc1ccc(Br)cc1F)N1CCS(=O)(=O)C(C)(C)C1.I.